The first-order valence-corrected chi connectivity index (χ1v) is 9.35. The summed E-state index contributed by atoms with van der Waals surface area (Å²) in [6.07, 6.45) is 0.444. The van der Waals surface area contributed by atoms with Crippen LogP contribution in [0.15, 0.2) is 53.4 Å². The maximum Gasteiger partial charge on any atom is 0.264 e. The van der Waals surface area contributed by atoms with Crippen molar-refractivity contribution in [1.29, 1.82) is 0 Å². The molecular formula is C18H22N2O4S. The van der Waals surface area contributed by atoms with Gasteiger partial charge < -0.3 is 10.4 Å². The van der Waals surface area contributed by atoms with Gasteiger partial charge in [0.15, 0.2) is 0 Å². The molecule has 0 aliphatic rings. The molecule has 2 aromatic rings. The minimum Gasteiger partial charge on any atom is -0.396 e. The molecule has 6 nitrogen and oxygen atoms in total. The van der Waals surface area contributed by atoms with Crippen molar-refractivity contribution in [3.63, 3.8) is 0 Å². The van der Waals surface area contributed by atoms with Crippen LogP contribution in [0.4, 0.5) is 5.69 Å². The van der Waals surface area contributed by atoms with Crippen molar-refractivity contribution in [2.24, 2.45) is 0 Å². The first-order valence-electron chi connectivity index (χ1n) is 7.91. The average molecular weight is 362 g/mol. The van der Waals surface area contributed by atoms with Crippen molar-refractivity contribution in [1.82, 2.24) is 5.32 Å². The summed E-state index contributed by atoms with van der Waals surface area (Å²) in [7, 11) is -2.29. The molecule has 0 unspecified atom stereocenters. The molecule has 0 aliphatic heterocycles. The zero-order valence-corrected chi connectivity index (χ0v) is 15.1. The Hall–Kier alpha value is -2.38. The van der Waals surface area contributed by atoms with Crippen LogP contribution < -0.4 is 9.62 Å². The second-order valence-corrected chi connectivity index (χ2v) is 7.64. The summed E-state index contributed by atoms with van der Waals surface area (Å²) in [5.41, 5.74) is 1.84. The molecule has 0 fully saturated rings. The predicted octanol–water partition coefficient (Wildman–Crippen LogP) is 1.93. The average Bonchev–Trinajstić information content (AvgIpc) is 2.62. The highest BCUT2D eigenvalue weighted by Crippen LogP contribution is 2.23. The van der Waals surface area contributed by atoms with Gasteiger partial charge in [-0.05, 0) is 43.7 Å². The Kier molecular flexibility index (Phi) is 6.17. The number of aliphatic hydroxyl groups excluding tert-OH is 1. The zero-order valence-electron chi connectivity index (χ0n) is 14.3. The molecule has 0 saturated heterocycles. The molecule has 25 heavy (non-hydrogen) atoms. The molecule has 0 aliphatic carbocycles. The summed E-state index contributed by atoms with van der Waals surface area (Å²) in [6.45, 7) is 2.24. The van der Waals surface area contributed by atoms with Crippen LogP contribution in [0, 0.1) is 6.92 Å². The summed E-state index contributed by atoms with van der Waals surface area (Å²) in [5, 5.41) is 11.4. The highest BCUT2D eigenvalue weighted by atomic mass is 32.2. The van der Waals surface area contributed by atoms with E-state index in [2.05, 4.69) is 5.32 Å². The van der Waals surface area contributed by atoms with Gasteiger partial charge in [0.1, 0.15) is 0 Å². The first-order chi connectivity index (χ1) is 11.9. The second-order valence-electron chi connectivity index (χ2n) is 5.67. The Labute approximate surface area is 148 Å². The third-order valence-electron chi connectivity index (χ3n) is 3.77. The molecule has 0 spiro atoms. The number of aryl methyl sites for hydroxylation is 1. The Morgan fingerprint density at radius 1 is 1.16 bits per heavy atom. The van der Waals surface area contributed by atoms with Gasteiger partial charge in [0.25, 0.3) is 15.9 Å². The number of carbonyl (C=O) groups excluding carboxylic acids is 1. The maximum atomic E-state index is 12.8. The minimum absolute atomic E-state index is 0.0178. The monoisotopic (exact) mass is 362 g/mol. The predicted molar refractivity (Wildman–Crippen MR) is 97.2 cm³/mol. The summed E-state index contributed by atoms with van der Waals surface area (Å²) < 4.78 is 26.8. The Balaban J connectivity index is 2.26. The van der Waals surface area contributed by atoms with E-state index >= 15 is 0 Å². The van der Waals surface area contributed by atoms with E-state index in [1.807, 2.05) is 19.1 Å². The summed E-state index contributed by atoms with van der Waals surface area (Å²) in [5.74, 6) is -0.372. The van der Waals surface area contributed by atoms with Crippen LogP contribution in [0.3, 0.4) is 0 Å². The summed E-state index contributed by atoms with van der Waals surface area (Å²) in [4.78, 5) is 12.1. The highest BCUT2D eigenvalue weighted by Gasteiger charge is 2.22. The normalized spacial score (nSPS) is 11.2. The van der Waals surface area contributed by atoms with Crippen LogP contribution in [-0.2, 0) is 10.0 Å². The van der Waals surface area contributed by atoms with Gasteiger partial charge in [-0.2, -0.15) is 0 Å². The van der Waals surface area contributed by atoms with E-state index in [0.29, 0.717) is 18.7 Å². The number of hydrogen-bond acceptors (Lipinski definition) is 4. The summed E-state index contributed by atoms with van der Waals surface area (Å²) >= 11 is 0. The molecule has 7 heteroatoms. The molecule has 1 amide bonds. The van der Waals surface area contributed by atoms with Gasteiger partial charge in [0.05, 0.1) is 10.6 Å². The van der Waals surface area contributed by atoms with Crippen LogP contribution >= 0.6 is 0 Å². The molecular weight excluding hydrogens is 340 g/mol. The first kappa shape index (κ1) is 19.0. The fourth-order valence-electron chi connectivity index (χ4n) is 2.23. The zero-order chi connectivity index (χ0) is 18.4. The van der Waals surface area contributed by atoms with E-state index in [4.69, 9.17) is 5.11 Å². The lowest BCUT2D eigenvalue weighted by Gasteiger charge is -2.20. The molecule has 2 N–H and O–H groups in total. The Morgan fingerprint density at radius 2 is 1.84 bits per heavy atom. The molecule has 0 heterocycles. The van der Waals surface area contributed by atoms with Crippen molar-refractivity contribution in [3.05, 3.63) is 59.7 Å². The van der Waals surface area contributed by atoms with Crippen molar-refractivity contribution < 1.29 is 18.3 Å². The standard InChI is InChI=1S/C18H22N2O4S/c1-14-7-9-16(10-8-14)20(2)25(23,24)17-6-3-5-15(13-17)18(22)19-11-4-12-21/h3,5-10,13,21H,4,11-12H2,1-2H3,(H,19,22). The minimum atomic E-state index is -3.77. The van der Waals surface area contributed by atoms with Gasteiger partial charge in [-0.1, -0.05) is 23.8 Å². The number of amides is 1. The number of nitrogens with zero attached hydrogens (tertiary/aromatic N) is 1. The van der Waals surface area contributed by atoms with Gasteiger partial charge in [0.2, 0.25) is 0 Å². The topological polar surface area (TPSA) is 86.7 Å². The van der Waals surface area contributed by atoms with E-state index in [1.54, 1.807) is 18.2 Å². The van der Waals surface area contributed by atoms with Gasteiger partial charge in [-0.3, -0.25) is 9.10 Å². The number of rotatable bonds is 7. The van der Waals surface area contributed by atoms with Crippen LogP contribution in [0.1, 0.15) is 22.3 Å². The number of carbonyl (C=O) groups is 1. The van der Waals surface area contributed by atoms with E-state index in [9.17, 15) is 13.2 Å². The van der Waals surface area contributed by atoms with E-state index in [1.165, 1.54) is 29.6 Å². The lowest BCUT2D eigenvalue weighted by atomic mass is 10.2. The molecule has 0 bridgehead atoms. The Bertz CT molecular complexity index is 832. The van der Waals surface area contributed by atoms with Crippen LogP contribution in [-0.4, -0.2) is 39.6 Å². The van der Waals surface area contributed by atoms with Crippen LogP contribution in [0.25, 0.3) is 0 Å². The number of nitrogens with one attached hydrogen (secondary N) is 1. The van der Waals surface area contributed by atoms with Crippen molar-refractivity contribution in [3.8, 4) is 0 Å². The van der Waals surface area contributed by atoms with Gasteiger partial charge in [-0.15, -0.1) is 0 Å². The fourth-order valence-corrected chi connectivity index (χ4v) is 3.47. The lowest BCUT2D eigenvalue weighted by molar-refractivity contribution is 0.0951. The van der Waals surface area contributed by atoms with Gasteiger partial charge >= 0.3 is 0 Å². The number of anilines is 1. The maximum absolute atomic E-state index is 12.8. The molecule has 0 radical (unpaired) electrons. The molecule has 0 atom stereocenters. The smallest absolute Gasteiger partial charge is 0.264 e. The fraction of sp³-hybridized carbons (Fsp3) is 0.278. The highest BCUT2D eigenvalue weighted by molar-refractivity contribution is 7.92. The number of benzene rings is 2. The summed E-state index contributed by atoms with van der Waals surface area (Å²) in [6, 6.07) is 13.1. The lowest BCUT2D eigenvalue weighted by Crippen LogP contribution is -2.28. The van der Waals surface area contributed by atoms with E-state index in [-0.39, 0.29) is 23.0 Å². The molecule has 2 rings (SSSR count). The molecule has 134 valence electrons. The van der Waals surface area contributed by atoms with Crippen LogP contribution in [0.5, 0.6) is 0 Å². The van der Waals surface area contributed by atoms with Gasteiger partial charge in [0, 0.05) is 25.8 Å². The number of aliphatic hydroxyl groups is 1. The number of hydrogen-bond donors (Lipinski definition) is 2. The van der Waals surface area contributed by atoms with Gasteiger partial charge in [-0.25, -0.2) is 8.42 Å². The SMILES string of the molecule is Cc1ccc(N(C)S(=O)(=O)c2cccc(C(=O)NCCCO)c2)cc1. The largest absolute Gasteiger partial charge is 0.396 e. The van der Waals surface area contributed by atoms with E-state index in [0.717, 1.165) is 5.56 Å². The molecule has 0 aromatic heterocycles. The Morgan fingerprint density at radius 3 is 2.48 bits per heavy atom. The van der Waals surface area contributed by atoms with Crippen molar-refractivity contribution in [2.75, 3.05) is 24.5 Å². The third-order valence-corrected chi connectivity index (χ3v) is 5.55. The quantitative estimate of drug-likeness (QED) is 0.737. The molecule has 2 aromatic carbocycles. The van der Waals surface area contributed by atoms with Crippen molar-refractivity contribution >= 4 is 21.6 Å². The molecule has 0 saturated carbocycles. The van der Waals surface area contributed by atoms with E-state index < -0.39 is 10.0 Å². The van der Waals surface area contributed by atoms with Crippen molar-refractivity contribution in [2.45, 2.75) is 18.2 Å². The van der Waals surface area contributed by atoms with Crippen LogP contribution in [0.2, 0.25) is 0 Å². The third kappa shape index (κ3) is 4.58. The second kappa shape index (κ2) is 8.13. The number of sulfonamides is 1.